The van der Waals surface area contributed by atoms with Gasteiger partial charge < -0.3 is 0 Å². The van der Waals surface area contributed by atoms with Crippen LogP contribution in [0.25, 0.3) is 0 Å². The predicted molar refractivity (Wildman–Crippen MR) is 99.8 cm³/mol. The number of rotatable bonds is 7. The van der Waals surface area contributed by atoms with Gasteiger partial charge in [-0.05, 0) is 62.2 Å². The molecule has 0 aromatic carbocycles. The molecule has 4 amide bonds. The van der Waals surface area contributed by atoms with Crippen molar-refractivity contribution in [3.05, 3.63) is 0 Å². The summed E-state index contributed by atoms with van der Waals surface area (Å²) in [5.74, 6) is -0.523. The zero-order chi connectivity index (χ0) is 19.8. The third kappa shape index (κ3) is 3.86. The van der Waals surface area contributed by atoms with Crippen LogP contribution in [0.3, 0.4) is 0 Å². The van der Waals surface area contributed by atoms with Gasteiger partial charge in [0.2, 0.25) is 23.6 Å². The van der Waals surface area contributed by atoms with Crippen LogP contribution < -0.4 is 21.7 Å². The molecule has 0 bridgehead atoms. The number of carbonyl (C=O) groups excluding carboxylic acids is 4. The number of hydrazine groups is 2. The number of amides is 4. The monoisotopic (exact) mass is 390 g/mol. The molecular formula is C20H30N4O4. The molecule has 4 aliphatic carbocycles. The molecule has 154 valence electrons. The van der Waals surface area contributed by atoms with E-state index < -0.39 is 0 Å². The van der Waals surface area contributed by atoms with Gasteiger partial charge in [0.15, 0.2) is 0 Å². The Morgan fingerprint density at radius 2 is 1.04 bits per heavy atom. The molecule has 28 heavy (non-hydrogen) atoms. The van der Waals surface area contributed by atoms with Crippen molar-refractivity contribution in [2.45, 2.75) is 77.0 Å². The molecule has 0 aromatic heterocycles. The fourth-order valence-corrected chi connectivity index (χ4v) is 4.94. The van der Waals surface area contributed by atoms with E-state index in [2.05, 4.69) is 21.7 Å². The number of unbranched alkanes of at least 4 members (excludes halogenated alkanes) is 1. The minimum atomic E-state index is -0.245. The van der Waals surface area contributed by atoms with E-state index in [1.54, 1.807) is 0 Å². The molecule has 2 atom stereocenters. The minimum absolute atomic E-state index is 0.0651. The van der Waals surface area contributed by atoms with Crippen LogP contribution in [0.4, 0.5) is 0 Å². The Morgan fingerprint density at radius 1 is 0.643 bits per heavy atom. The number of carbonyl (C=O) groups is 4. The summed E-state index contributed by atoms with van der Waals surface area (Å²) in [5, 5.41) is 0. The Balaban J connectivity index is 1.00. The highest BCUT2D eigenvalue weighted by Gasteiger charge is 2.61. The van der Waals surface area contributed by atoms with Gasteiger partial charge in [-0.15, -0.1) is 0 Å². The largest absolute Gasteiger partial charge is 0.273 e. The van der Waals surface area contributed by atoms with E-state index in [-0.39, 0.29) is 59.1 Å². The molecule has 4 N–H and O–H groups in total. The van der Waals surface area contributed by atoms with Gasteiger partial charge >= 0.3 is 0 Å². The molecule has 4 fully saturated rings. The molecule has 0 heterocycles. The van der Waals surface area contributed by atoms with Crippen molar-refractivity contribution in [3.8, 4) is 0 Å². The summed E-state index contributed by atoms with van der Waals surface area (Å²) in [7, 11) is 0. The van der Waals surface area contributed by atoms with Crippen LogP contribution in [0.1, 0.15) is 77.0 Å². The maximum Gasteiger partial charge on any atom is 0.242 e. The van der Waals surface area contributed by atoms with E-state index in [1.165, 1.54) is 12.8 Å². The van der Waals surface area contributed by atoms with E-state index in [4.69, 9.17) is 0 Å². The van der Waals surface area contributed by atoms with Crippen LogP contribution in [-0.4, -0.2) is 23.6 Å². The molecule has 4 rings (SSSR count). The smallest absolute Gasteiger partial charge is 0.242 e. The van der Waals surface area contributed by atoms with Crippen LogP contribution in [0, 0.1) is 22.7 Å². The standard InChI is InChI=1S/C20H30N4O4/c25-15(21-23-17(27)13-11-19(13)7-3-8-19)5-1-2-6-16(26)22-24-18(28)14-12-20(14)9-4-10-20/h13-14H,1-12H2,(H,21,25)(H,22,26)(H,23,27)(H,24,28)/t13-,14-/m0/s1. The summed E-state index contributed by atoms with van der Waals surface area (Å²) in [4.78, 5) is 47.5. The fraction of sp³-hybridized carbons (Fsp3) is 0.800. The van der Waals surface area contributed by atoms with Gasteiger partial charge in [-0.3, -0.25) is 40.9 Å². The Morgan fingerprint density at radius 3 is 1.32 bits per heavy atom. The van der Waals surface area contributed by atoms with Crippen LogP contribution in [0.5, 0.6) is 0 Å². The molecule has 0 unspecified atom stereocenters. The highest BCUT2D eigenvalue weighted by molar-refractivity contribution is 5.86. The minimum Gasteiger partial charge on any atom is -0.273 e. The molecule has 2 spiro atoms. The van der Waals surface area contributed by atoms with E-state index >= 15 is 0 Å². The lowest BCUT2D eigenvalue weighted by atomic mass is 9.80. The topological polar surface area (TPSA) is 116 Å². The molecule has 0 saturated heterocycles. The van der Waals surface area contributed by atoms with Gasteiger partial charge in [-0.25, -0.2) is 0 Å². The lowest BCUT2D eigenvalue weighted by Gasteiger charge is -2.26. The van der Waals surface area contributed by atoms with Crippen LogP contribution in [-0.2, 0) is 19.2 Å². The first-order chi connectivity index (χ1) is 13.4. The molecule has 4 aliphatic rings. The van der Waals surface area contributed by atoms with Crippen molar-refractivity contribution < 1.29 is 19.2 Å². The second-order valence-electron chi connectivity index (χ2n) is 9.23. The molecule has 8 heteroatoms. The Kier molecular flexibility index (Phi) is 5.05. The Hall–Kier alpha value is -2.12. The Bertz CT molecular complexity index is 626. The first-order valence-corrected chi connectivity index (χ1v) is 10.6. The Labute approximate surface area is 164 Å². The van der Waals surface area contributed by atoms with Gasteiger partial charge in [0.25, 0.3) is 0 Å². The highest BCUT2D eigenvalue weighted by atomic mass is 16.2. The second kappa shape index (κ2) is 7.37. The van der Waals surface area contributed by atoms with Crippen molar-refractivity contribution in [3.63, 3.8) is 0 Å². The quantitative estimate of drug-likeness (QED) is 0.386. The van der Waals surface area contributed by atoms with Crippen molar-refractivity contribution in [1.29, 1.82) is 0 Å². The lowest BCUT2D eigenvalue weighted by molar-refractivity contribution is -0.130. The van der Waals surface area contributed by atoms with Gasteiger partial charge in [0, 0.05) is 24.7 Å². The number of nitrogens with one attached hydrogen (secondary N) is 4. The average molecular weight is 390 g/mol. The third-order valence-corrected chi connectivity index (χ3v) is 7.42. The van der Waals surface area contributed by atoms with Crippen LogP contribution in [0.2, 0.25) is 0 Å². The maximum atomic E-state index is 12.0. The average Bonchev–Trinajstić information content (AvgIpc) is 3.50. The zero-order valence-corrected chi connectivity index (χ0v) is 16.3. The van der Waals surface area contributed by atoms with E-state index in [1.807, 2.05) is 0 Å². The van der Waals surface area contributed by atoms with Crippen molar-refractivity contribution in [2.75, 3.05) is 0 Å². The number of hydrogen-bond donors (Lipinski definition) is 4. The van der Waals surface area contributed by atoms with Crippen molar-refractivity contribution in [1.82, 2.24) is 21.7 Å². The summed E-state index contributed by atoms with van der Waals surface area (Å²) < 4.78 is 0. The summed E-state index contributed by atoms with van der Waals surface area (Å²) in [6, 6.07) is 0. The molecule has 4 saturated carbocycles. The molecule has 0 aromatic rings. The van der Waals surface area contributed by atoms with Crippen LogP contribution >= 0.6 is 0 Å². The maximum absolute atomic E-state index is 12.0. The lowest BCUT2D eigenvalue weighted by Crippen LogP contribution is -2.43. The van der Waals surface area contributed by atoms with E-state index in [0.717, 1.165) is 38.5 Å². The van der Waals surface area contributed by atoms with Gasteiger partial charge in [0.05, 0.1) is 0 Å². The zero-order valence-electron chi connectivity index (χ0n) is 16.3. The SMILES string of the molecule is O=C(CCCCC(=O)NNC(=O)[C@@H]1CC12CCC2)NNC(=O)[C@@H]1CC12CCC2. The first kappa shape index (κ1) is 19.2. The first-order valence-electron chi connectivity index (χ1n) is 10.6. The van der Waals surface area contributed by atoms with Crippen LogP contribution in [0.15, 0.2) is 0 Å². The van der Waals surface area contributed by atoms with E-state index in [0.29, 0.717) is 12.8 Å². The fourth-order valence-electron chi connectivity index (χ4n) is 4.94. The molecular weight excluding hydrogens is 360 g/mol. The normalized spacial score (nSPS) is 27.1. The van der Waals surface area contributed by atoms with Crippen molar-refractivity contribution in [2.24, 2.45) is 22.7 Å². The van der Waals surface area contributed by atoms with Gasteiger partial charge in [-0.2, -0.15) is 0 Å². The predicted octanol–water partition coefficient (Wildman–Crippen LogP) is 1.22. The highest BCUT2D eigenvalue weighted by Crippen LogP contribution is 2.66. The molecule has 0 radical (unpaired) electrons. The van der Waals surface area contributed by atoms with E-state index in [9.17, 15) is 19.2 Å². The third-order valence-electron chi connectivity index (χ3n) is 7.42. The molecule has 8 nitrogen and oxygen atoms in total. The van der Waals surface area contributed by atoms with Crippen molar-refractivity contribution >= 4 is 23.6 Å². The van der Waals surface area contributed by atoms with Gasteiger partial charge in [-0.1, -0.05) is 12.8 Å². The van der Waals surface area contributed by atoms with Gasteiger partial charge in [0.1, 0.15) is 0 Å². The summed E-state index contributed by atoms with van der Waals surface area (Å²) >= 11 is 0. The number of hydrogen-bond acceptors (Lipinski definition) is 4. The second-order valence-corrected chi connectivity index (χ2v) is 9.23. The molecule has 0 aliphatic heterocycles. The summed E-state index contributed by atoms with van der Waals surface area (Å²) in [6.07, 6.45) is 10.4. The summed E-state index contributed by atoms with van der Waals surface area (Å²) in [5.41, 5.74) is 10.4. The summed E-state index contributed by atoms with van der Waals surface area (Å²) in [6.45, 7) is 0.